The van der Waals surface area contributed by atoms with Crippen LogP contribution < -0.4 is 10.3 Å². The number of pyridine rings is 1. The average Bonchev–Trinajstić information content (AvgIpc) is 2.80. The van der Waals surface area contributed by atoms with Crippen molar-refractivity contribution in [3.05, 3.63) is 97.4 Å². The van der Waals surface area contributed by atoms with Gasteiger partial charge in [0.15, 0.2) is 0 Å². The SMILES string of the molecule is COC(=O)c1ccc(CCn2c(COc3ccccc3CCO)c(Cl)cc(Cl)c2=O)cc1. The van der Waals surface area contributed by atoms with Crippen LogP contribution in [-0.4, -0.2) is 29.4 Å². The molecule has 0 radical (unpaired) electrons. The van der Waals surface area contributed by atoms with Crippen molar-refractivity contribution in [3.8, 4) is 5.75 Å². The van der Waals surface area contributed by atoms with Crippen molar-refractivity contribution in [1.82, 2.24) is 4.57 Å². The number of ether oxygens (including phenoxy) is 2. The largest absolute Gasteiger partial charge is 0.487 e. The normalized spacial score (nSPS) is 10.8. The summed E-state index contributed by atoms with van der Waals surface area (Å²) in [4.78, 5) is 24.3. The third-order valence-electron chi connectivity index (χ3n) is 5.02. The van der Waals surface area contributed by atoms with E-state index in [0.717, 1.165) is 11.1 Å². The molecular weight excluding hydrogens is 453 g/mol. The maximum Gasteiger partial charge on any atom is 0.337 e. The molecule has 168 valence electrons. The number of para-hydroxylation sites is 1. The Morgan fingerprint density at radius 2 is 1.75 bits per heavy atom. The quantitative estimate of drug-likeness (QED) is 0.466. The molecule has 32 heavy (non-hydrogen) atoms. The molecule has 1 heterocycles. The van der Waals surface area contributed by atoms with Crippen molar-refractivity contribution in [2.45, 2.75) is 26.0 Å². The van der Waals surface area contributed by atoms with Gasteiger partial charge in [-0.25, -0.2) is 4.79 Å². The third-order valence-corrected chi connectivity index (χ3v) is 5.62. The number of aliphatic hydroxyl groups is 1. The van der Waals surface area contributed by atoms with Crippen LogP contribution in [0, 0.1) is 0 Å². The predicted molar refractivity (Wildman–Crippen MR) is 124 cm³/mol. The van der Waals surface area contributed by atoms with Crippen molar-refractivity contribution in [2.24, 2.45) is 0 Å². The number of aliphatic hydroxyl groups excluding tert-OH is 1. The lowest BCUT2D eigenvalue weighted by Gasteiger charge is -2.17. The number of carbonyl (C=O) groups is 1. The molecule has 3 aromatic rings. The van der Waals surface area contributed by atoms with E-state index in [1.54, 1.807) is 18.2 Å². The predicted octanol–water partition coefficient (Wildman–Crippen LogP) is 4.30. The van der Waals surface area contributed by atoms with E-state index in [9.17, 15) is 14.7 Å². The molecule has 0 bridgehead atoms. The molecule has 0 unspecified atom stereocenters. The van der Waals surface area contributed by atoms with E-state index in [0.29, 0.717) is 41.4 Å². The molecule has 3 rings (SSSR count). The standard InChI is InChI=1S/C24H23Cl2NO5/c1-31-24(30)18-8-6-16(7-9-18)10-12-27-21(19(25)14-20(26)23(27)29)15-32-22-5-3-2-4-17(22)11-13-28/h2-9,14,28H,10-13,15H2,1H3. The van der Waals surface area contributed by atoms with Crippen molar-refractivity contribution < 1.29 is 19.4 Å². The summed E-state index contributed by atoms with van der Waals surface area (Å²) in [5, 5.41) is 9.62. The molecule has 0 aliphatic heterocycles. The summed E-state index contributed by atoms with van der Waals surface area (Å²) >= 11 is 12.5. The molecule has 0 spiro atoms. The van der Waals surface area contributed by atoms with Gasteiger partial charge in [0.1, 0.15) is 17.4 Å². The van der Waals surface area contributed by atoms with Gasteiger partial charge in [-0.3, -0.25) is 4.79 Å². The topological polar surface area (TPSA) is 77.8 Å². The highest BCUT2D eigenvalue weighted by Crippen LogP contribution is 2.23. The van der Waals surface area contributed by atoms with E-state index >= 15 is 0 Å². The van der Waals surface area contributed by atoms with Crippen LogP contribution in [0.1, 0.15) is 27.2 Å². The van der Waals surface area contributed by atoms with Crippen molar-refractivity contribution in [1.29, 1.82) is 0 Å². The van der Waals surface area contributed by atoms with Gasteiger partial charge in [-0.05, 0) is 48.2 Å². The smallest absolute Gasteiger partial charge is 0.337 e. The molecule has 6 nitrogen and oxygen atoms in total. The van der Waals surface area contributed by atoms with Gasteiger partial charge in [0.25, 0.3) is 5.56 Å². The van der Waals surface area contributed by atoms with Crippen molar-refractivity contribution in [3.63, 3.8) is 0 Å². The van der Waals surface area contributed by atoms with Gasteiger partial charge in [0.05, 0.1) is 23.4 Å². The second-order valence-corrected chi connectivity index (χ2v) is 7.87. The number of hydrogen-bond donors (Lipinski definition) is 1. The zero-order valence-corrected chi connectivity index (χ0v) is 19.0. The number of rotatable bonds is 9. The first-order valence-electron chi connectivity index (χ1n) is 10.0. The molecule has 1 N–H and O–H groups in total. The minimum Gasteiger partial charge on any atom is -0.487 e. The van der Waals surface area contributed by atoms with E-state index in [1.165, 1.54) is 17.7 Å². The number of carbonyl (C=O) groups excluding carboxylic acids is 1. The van der Waals surface area contributed by atoms with E-state index in [4.69, 9.17) is 32.7 Å². The zero-order valence-electron chi connectivity index (χ0n) is 17.5. The Morgan fingerprint density at radius 1 is 1.03 bits per heavy atom. The number of aryl methyl sites for hydroxylation is 1. The fraction of sp³-hybridized carbons (Fsp3) is 0.250. The summed E-state index contributed by atoms with van der Waals surface area (Å²) in [7, 11) is 1.33. The van der Waals surface area contributed by atoms with E-state index in [2.05, 4.69) is 0 Å². The highest BCUT2D eigenvalue weighted by atomic mass is 35.5. The number of nitrogens with zero attached hydrogens (tertiary/aromatic N) is 1. The molecule has 0 saturated heterocycles. The van der Waals surface area contributed by atoms with E-state index in [1.807, 2.05) is 30.3 Å². The van der Waals surface area contributed by atoms with Crippen molar-refractivity contribution >= 4 is 29.2 Å². The maximum absolute atomic E-state index is 12.7. The molecule has 0 atom stereocenters. The van der Waals surface area contributed by atoms with Gasteiger partial charge in [-0.2, -0.15) is 0 Å². The lowest BCUT2D eigenvalue weighted by Crippen LogP contribution is -2.26. The Kier molecular flexibility index (Phi) is 8.33. The van der Waals surface area contributed by atoms with Crippen LogP contribution in [0.15, 0.2) is 59.4 Å². The number of aromatic nitrogens is 1. The second kappa shape index (κ2) is 11.2. The first-order chi connectivity index (χ1) is 15.4. The highest BCUT2D eigenvalue weighted by Gasteiger charge is 2.15. The first kappa shape index (κ1) is 23.9. The van der Waals surface area contributed by atoms with E-state index in [-0.39, 0.29) is 23.8 Å². The van der Waals surface area contributed by atoms with Crippen LogP contribution in [0.25, 0.3) is 0 Å². The van der Waals surface area contributed by atoms with Gasteiger partial charge < -0.3 is 19.1 Å². The molecule has 8 heteroatoms. The van der Waals surface area contributed by atoms with Crippen LogP contribution >= 0.6 is 23.2 Å². The molecular formula is C24H23Cl2NO5. The number of methoxy groups -OCH3 is 1. The Hall–Kier alpha value is -2.80. The van der Waals surface area contributed by atoms with E-state index < -0.39 is 5.97 Å². The summed E-state index contributed by atoms with van der Waals surface area (Å²) in [6.45, 7) is 0.393. The number of benzene rings is 2. The molecule has 0 aliphatic rings. The van der Waals surface area contributed by atoms with Crippen LogP contribution in [-0.2, 0) is 30.7 Å². The molecule has 0 fully saturated rings. The number of halogens is 2. The Labute approximate surface area is 195 Å². The fourth-order valence-electron chi connectivity index (χ4n) is 3.30. The minimum absolute atomic E-state index is 0.00154. The van der Waals surface area contributed by atoms with Gasteiger partial charge >= 0.3 is 5.97 Å². The van der Waals surface area contributed by atoms with Crippen LogP contribution in [0.3, 0.4) is 0 Å². The molecule has 1 aromatic heterocycles. The van der Waals surface area contributed by atoms with Gasteiger partial charge in [0, 0.05) is 13.2 Å². The van der Waals surface area contributed by atoms with Gasteiger partial charge in [-0.15, -0.1) is 0 Å². The van der Waals surface area contributed by atoms with Gasteiger partial charge in [0.2, 0.25) is 0 Å². The zero-order chi connectivity index (χ0) is 23.1. The summed E-state index contributed by atoms with van der Waals surface area (Å²) in [5.41, 5.74) is 2.39. The number of hydrogen-bond acceptors (Lipinski definition) is 5. The van der Waals surface area contributed by atoms with Crippen LogP contribution in [0.2, 0.25) is 10.0 Å². The summed E-state index contributed by atoms with van der Waals surface area (Å²) in [6.07, 6.45) is 0.977. The summed E-state index contributed by atoms with van der Waals surface area (Å²) < 4.78 is 12.2. The Balaban J connectivity index is 1.82. The highest BCUT2D eigenvalue weighted by molar-refractivity contribution is 6.34. The van der Waals surface area contributed by atoms with Crippen molar-refractivity contribution in [2.75, 3.05) is 13.7 Å². The summed E-state index contributed by atoms with van der Waals surface area (Å²) in [6, 6.07) is 15.8. The molecule has 2 aromatic carbocycles. The average molecular weight is 476 g/mol. The summed E-state index contributed by atoms with van der Waals surface area (Å²) in [5.74, 6) is 0.209. The third kappa shape index (κ3) is 5.71. The lowest BCUT2D eigenvalue weighted by molar-refractivity contribution is 0.0600. The molecule has 0 aliphatic carbocycles. The minimum atomic E-state index is -0.407. The molecule has 0 saturated carbocycles. The number of esters is 1. The molecule has 0 amide bonds. The monoisotopic (exact) mass is 475 g/mol. The Morgan fingerprint density at radius 3 is 2.44 bits per heavy atom. The maximum atomic E-state index is 12.7. The second-order valence-electron chi connectivity index (χ2n) is 7.05. The first-order valence-corrected chi connectivity index (χ1v) is 10.8. The van der Waals surface area contributed by atoms with Crippen LogP contribution in [0.5, 0.6) is 5.75 Å². The Bertz CT molecular complexity index is 1140. The van der Waals surface area contributed by atoms with Gasteiger partial charge in [-0.1, -0.05) is 53.5 Å². The lowest BCUT2D eigenvalue weighted by atomic mass is 10.1. The van der Waals surface area contributed by atoms with Crippen LogP contribution in [0.4, 0.5) is 0 Å². The fourth-order valence-corrected chi connectivity index (χ4v) is 3.84.